The normalized spacial score (nSPS) is 12.7. The summed E-state index contributed by atoms with van der Waals surface area (Å²) < 4.78 is 5.05. The predicted molar refractivity (Wildman–Crippen MR) is 80.6 cm³/mol. The minimum absolute atomic E-state index is 0.371. The van der Waals surface area contributed by atoms with E-state index < -0.39 is 0 Å². The molecule has 1 unspecified atom stereocenters. The largest absolute Gasteiger partial charge is 0.385 e. The van der Waals surface area contributed by atoms with E-state index >= 15 is 0 Å². The van der Waals surface area contributed by atoms with Crippen LogP contribution in [0.3, 0.4) is 0 Å². The van der Waals surface area contributed by atoms with Gasteiger partial charge in [0.25, 0.3) is 0 Å². The average molecular weight is 264 g/mol. The molecule has 1 heterocycles. The lowest BCUT2D eigenvalue weighted by Crippen LogP contribution is -2.22. The van der Waals surface area contributed by atoms with Crippen molar-refractivity contribution in [3.05, 3.63) is 28.6 Å². The highest BCUT2D eigenvalue weighted by atomic mass is 16.5. The summed E-state index contributed by atoms with van der Waals surface area (Å²) in [6.07, 6.45) is 3.57. The molecule has 0 aliphatic heterocycles. The van der Waals surface area contributed by atoms with Crippen LogP contribution >= 0.6 is 0 Å². The minimum Gasteiger partial charge on any atom is -0.385 e. The van der Waals surface area contributed by atoms with Crippen molar-refractivity contribution in [1.82, 2.24) is 10.3 Å². The second kappa shape index (κ2) is 8.28. The standard InChI is InChI=1S/C16H28N2O/c1-12-11-13(2)18-15(4)16(12)14(3)17-9-7-6-8-10-19-5/h11,14,17H,6-10H2,1-5H3. The van der Waals surface area contributed by atoms with Crippen molar-refractivity contribution >= 4 is 0 Å². The molecular formula is C16H28N2O. The van der Waals surface area contributed by atoms with Crippen molar-refractivity contribution in [2.45, 2.75) is 53.0 Å². The molecule has 3 nitrogen and oxygen atoms in total. The fourth-order valence-electron chi connectivity index (χ4n) is 2.66. The number of hydrogen-bond acceptors (Lipinski definition) is 3. The zero-order valence-electron chi connectivity index (χ0n) is 13.0. The van der Waals surface area contributed by atoms with Gasteiger partial charge in [-0.05, 0) is 70.7 Å². The molecule has 0 aliphatic rings. The van der Waals surface area contributed by atoms with Crippen LogP contribution in [-0.4, -0.2) is 25.2 Å². The van der Waals surface area contributed by atoms with E-state index in [1.54, 1.807) is 7.11 Å². The Balaban J connectivity index is 2.43. The van der Waals surface area contributed by atoms with Gasteiger partial charge in [-0.1, -0.05) is 0 Å². The van der Waals surface area contributed by atoms with Gasteiger partial charge >= 0.3 is 0 Å². The second-order valence-electron chi connectivity index (χ2n) is 5.31. The van der Waals surface area contributed by atoms with Gasteiger partial charge in [-0.3, -0.25) is 4.98 Å². The molecule has 0 radical (unpaired) electrons. The quantitative estimate of drug-likeness (QED) is 0.730. The minimum atomic E-state index is 0.371. The van der Waals surface area contributed by atoms with Crippen molar-refractivity contribution in [2.75, 3.05) is 20.3 Å². The maximum Gasteiger partial charge on any atom is 0.0462 e. The number of nitrogens with zero attached hydrogens (tertiary/aromatic N) is 1. The molecule has 1 rings (SSSR count). The average Bonchev–Trinajstić information content (AvgIpc) is 2.32. The maximum absolute atomic E-state index is 5.05. The molecule has 0 saturated heterocycles. The fraction of sp³-hybridized carbons (Fsp3) is 0.688. The molecule has 0 aromatic carbocycles. The Hall–Kier alpha value is -0.930. The molecule has 0 fully saturated rings. The summed E-state index contributed by atoms with van der Waals surface area (Å²) in [5, 5.41) is 3.60. The van der Waals surface area contributed by atoms with E-state index in [0.29, 0.717) is 6.04 Å². The number of methoxy groups -OCH3 is 1. The lowest BCUT2D eigenvalue weighted by atomic mass is 10.0. The molecule has 1 N–H and O–H groups in total. The first-order chi connectivity index (χ1) is 9.06. The fourth-order valence-corrected chi connectivity index (χ4v) is 2.66. The number of ether oxygens (including phenoxy) is 1. The molecule has 0 bridgehead atoms. The molecule has 0 saturated carbocycles. The van der Waals surface area contributed by atoms with Crippen molar-refractivity contribution in [3.63, 3.8) is 0 Å². The number of hydrogen-bond donors (Lipinski definition) is 1. The molecule has 0 spiro atoms. The Morgan fingerprint density at radius 3 is 2.58 bits per heavy atom. The van der Waals surface area contributed by atoms with E-state index in [0.717, 1.165) is 31.0 Å². The van der Waals surface area contributed by atoms with Crippen LogP contribution in [0.4, 0.5) is 0 Å². The monoisotopic (exact) mass is 264 g/mol. The lowest BCUT2D eigenvalue weighted by Gasteiger charge is -2.19. The SMILES string of the molecule is COCCCCCNC(C)c1c(C)cc(C)nc1C. The zero-order chi connectivity index (χ0) is 14.3. The second-order valence-corrected chi connectivity index (χ2v) is 5.31. The summed E-state index contributed by atoms with van der Waals surface area (Å²) in [4.78, 5) is 4.57. The van der Waals surface area contributed by atoms with Crippen LogP contribution in [0, 0.1) is 20.8 Å². The molecular weight excluding hydrogens is 236 g/mol. The van der Waals surface area contributed by atoms with Gasteiger partial charge in [0.15, 0.2) is 0 Å². The van der Waals surface area contributed by atoms with Crippen molar-refractivity contribution in [1.29, 1.82) is 0 Å². The third kappa shape index (κ3) is 5.29. The smallest absolute Gasteiger partial charge is 0.0462 e. The summed E-state index contributed by atoms with van der Waals surface area (Å²) in [6, 6.07) is 2.54. The summed E-state index contributed by atoms with van der Waals surface area (Å²) in [6.45, 7) is 10.5. The van der Waals surface area contributed by atoms with Crippen molar-refractivity contribution in [2.24, 2.45) is 0 Å². The summed E-state index contributed by atoms with van der Waals surface area (Å²) in [5.41, 5.74) is 4.94. The first-order valence-electron chi connectivity index (χ1n) is 7.23. The van der Waals surface area contributed by atoms with Crippen LogP contribution in [0.25, 0.3) is 0 Å². The predicted octanol–water partition coefficient (Wildman–Crippen LogP) is 3.47. The Bertz CT molecular complexity index is 367. The van der Waals surface area contributed by atoms with Crippen molar-refractivity contribution < 1.29 is 4.74 Å². The first-order valence-corrected chi connectivity index (χ1v) is 7.23. The molecule has 0 aliphatic carbocycles. The van der Waals surface area contributed by atoms with Crippen LogP contribution in [0.5, 0.6) is 0 Å². The van der Waals surface area contributed by atoms with Gasteiger partial charge in [-0.25, -0.2) is 0 Å². The molecule has 0 amide bonds. The van der Waals surface area contributed by atoms with Crippen LogP contribution in [0.15, 0.2) is 6.07 Å². The van der Waals surface area contributed by atoms with E-state index in [1.807, 2.05) is 0 Å². The lowest BCUT2D eigenvalue weighted by molar-refractivity contribution is 0.192. The van der Waals surface area contributed by atoms with Gasteiger partial charge in [-0.2, -0.15) is 0 Å². The molecule has 1 aromatic rings. The number of rotatable bonds is 8. The van der Waals surface area contributed by atoms with Gasteiger partial charge < -0.3 is 10.1 Å². The van der Waals surface area contributed by atoms with Gasteiger partial charge in [0, 0.05) is 31.1 Å². The Morgan fingerprint density at radius 1 is 1.21 bits per heavy atom. The molecule has 108 valence electrons. The van der Waals surface area contributed by atoms with E-state index in [-0.39, 0.29) is 0 Å². The third-order valence-corrected chi connectivity index (χ3v) is 3.49. The summed E-state index contributed by atoms with van der Waals surface area (Å²) in [5.74, 6) is 0. The van der Waals surface area contributed by atoms with Gasteiger partial charge in [-0.15, -0.1) is 0 Å². The van der Waals surface area contributed by atoms with Crippen molar-refractivity contribution in [3.8, 4) is 0 Å². The van der Waals surface area contributed by atoms with Gasteiger partial charge in [0.1, 0.15) is 0 Å². The maximum atomic E-state index is 5.05. The summed E-state index contributed by atoms with van der Waals surface area (Å²) in [7, 11) is 1.76. The van der Waals surface area contributed by atoms with Crippen LogP contribution in [0.1, 0.15) is 54.7 Å². The van der Waals surface area contributed by atoms with Gasteiger partial charge in [0.05, 0.1) is 0 Å². The number of nitrogens with one attached hydrogen (secondary N) is 1. The highest BCUT2D eigenvalue weighted by Crippen LogP contribution is 2.21. The Morgan fingerprint density at radius 2 is 1.95 bits per heavy atom. The van der Waals surface area contributed by atoms with E-state index in [2.05, 4.69) is 44.1 Å². The highest BCUT2D eigenvalue weighted by Gasteiger charge is 2.12. The zero-order valence-corrected chi connectivity index (χ0v) is 13.0. The van der Waals surface area contributed by atoms with E-state index in [9.17, 15) is 0 Å². The Kier molecular flexibility index (Phi) is 7.03. The molecule has 1 atom stereocenters. The van der Waals surface area contributed by atoms with E-state index in [1.165, 1.54) is 24.0 Å². The molecule has 1 aromatic heterocycles. The van der Waals surface area contributed by atoms with Crippen LogP contribution < -0.4 is 5.32 Å². The van der Waals surface area contributed by atoms with Crippen LogP contribution in [-0.2, 0) is 4.74 Å². The number of unbranched alkanes of at least 4 members (excludes halogenated alkanes) is 2. The number of aromatic nitrogens is 1. The van der Waals surface area contributed by atoms with Gasteiger partial charge in [0.2, 0.25) is 0 Å². The first kappa shape index (κ1) is 16.1. The van der Waals surface area contributed by atoms with E-state index in [4.69, 9.17) is 4.74 Å². The molecule has 19 heavy (non-hydrogen) atoms. The Labute approximate surface area is 117 Å². The number of aryl methyl sites for hydroxylation is 3. The number of pyridine rings is 1. The van der Waals surface area contributed by atoms with Crippen LogP contribution in [0.2, 0.25) is 0 Å². The summed E-state index contributed by atoms with van der Waals surface area (Å²) >= 11 is 0. The topological polar surface area (TPSA) is 34.1 Å². The third-order valence-electron chi connectivity index (χ3n) is 3.49. The molecule has 3 heteroatoms. The highest BCUT2D eigenvalue weighted by molar-refractivity contribution is 5.33.